The highest BCUT2D eigenvalue weighted by atomic mass is 16.3. The first-order chi connectivity index (χ1) is 10.1. The van der Waals surface area contributed by atoms with Crippen molar-refractivity contribution in [2.75, 3.05) is 11.9 Å². The molecule has 0 aliphatic rings. The molecule has 0 heterocycles. The van der Waals surface area contributed by atoms with Crippen molar-refractivity contribution in [3.05, 3.63) is 59.2 Å². The zero-order valence-corrected chi connectivity index (χ0v) is 12.7. The van der Waals surface area contributed by atoms with Crippen molar-refractivity contribution < 1.29 is 5.11 Å². The van der Waals surface area contributed by atoms with Crippen molar-refractivity contribution in [3.63, 3.8) is 0 Å². The zero-order chi connectivity index (χ0) is 15.4. The minimum atomic E-state index is -0.579. The van der Waals surface area contributed by atoms with Gasteiger partial charge in [0.25, 0.3) is 0 Å². The first-order valence-corrected chi connectivity index (χ1v) is 7.11. The number of rotatable bonds is 4. The summed E-state index contributed by atoms with van der Waals surface area (Å²) in [6.07, 6.45) is 0.428. The van der Waals surface area contributed by atoms with Gasteiger partial charge in [-0.05, 0) is 43.2 Å². The molecule has 0 aliphatic carbocycles. The van der Waals surface area contributed by atoms with Gasteiger partial charge in [0.1, 0.15) is 0 Å². The minimum Gasteiger partial charge on any atom is -0.389 e. The fraction of sp³-hybridized carbons (Fsp3) is 0.278. The van der Waals surface area contributed by atoms with Crippen LogP contribution in [0.4, 0.5) is 11.4 Å². The van der Waals surface area contributed by atoms with E-state index in [9.17, 15) is 5.11 Å². The Labute approximate surface area is 126 Å². The summed E-state index contributed by atoms with van der Waals surface area (Å²) in [6.45, 7) is 3.86. The van der Waals surface area contributed by atoms with E-state index in [0.717, 1.165) is 23.4 Å². The third-order valence-corrected chi connectivity index (χ3v) is 3.70. The molecule has 1 atom stereocenters. The van der Waals surface area contributed by atoms with E-state index in [4.69, 9.17) is 5.26 Å². The quantitative estimate of drug-likeness (QED) is 0.922. The van der Waals surface area contributed by atoms with Gasteiger partial charge in [0, 0.05) is 24.0 Å². The van der Waals surface area contributed by atoms with E-state index in [2.05, 4.69) is 37.3 Å². The molecule has 1 N–H and O–H groups in total. The first kappa shape index (κ1) is 15.1. The lowest BCUT2D eigenvalue weighted by atomic mass is 10.0. The SMILES string of the molecule is CCc1ccc(N(C)c2cc(C#N)ccc2C(C)O)cc1. The molecule has 0 amide bonds. The van der Waals surface area contributed by atoms with Crippen LogP contribution < -0.4 is 4.90 Å². The Morgan fingerprint density at radius 2 is 1.86 bits per heavy atom. The number of hydrogen-bond acceptors (Lipinski definition) is 3. The Bertz CT molecular complexity index is 654. The van der Waals surface area contributed by atoms with Gasteiger partial charge >= 0.3 is 0 Å². The lowest BCUT2D eigenvalue weighted by Crippen LogP contribution is -2.13. The summed E-state index contributed by atoms with van der Waals surface area (Å²) < 4.78 is 0. The monoisotopic (exact) mass is 280 g/mol. The normalized spacial score (nSPS) is 11.8. The summed E-state index contributed by atoms with van der Waals surface area (Å²) >= 11 is 0. The van der Waals surface area contributed by atoms with Gasteiger partial charge in [-0.1, -0.05) is 25.1 Å². The summed E-state index contributed by atoms with van der Waals surface area (Å²) in [7, 11) is 1.95. The Kier molecular flexibility index (Phi) is 4.62. The summed E-state index contributed by atoms with van der Waals surface area (Å²) in [5, 5.41) is 19.0. The number of nitrogens with zero attached hydrogens (tertiary/aromatic N) is 2. The van der Waals surface area contributed by atoms with Crippen LogP contribution in [-0.4, -0.2) is 12.2 Å². The molecule has 21 heavy (non-hydrogen) atoms. The molecule has 0 saturated carbocycles. The van der Waals surface area contributed by atoms with Gasteiger partial charge in [-0.3, -0.25) is 0 Å². The molecule has 0 spiro atoms. The highest BCUT2D eigenvalue weighted by molar-refractivity contribution is 5.68. The van der Waals surface area contributed by atoms with Gasteiger partial charge in [0.05, 0.1) is 17.7 Å². The highest BCUT2D eigenvalue weighted by Crippen LogP contribution is 2.31. The van der Waals surface area contributed by atoms with E-state index >= 15 is 0 Å². The number of aryl methyl sites for hydroxylation is 1. The molecular weight excluding hydrogens is 260 g/mol. The molecule has 0 fully saturated rings. The Morgan fingerprint density at radius 1 is 1.19 bits per heavy atom. The fourth-order valence-corrected chi connectivity index (χ4v) is 2.35. The summed E-state index contributed by atoms with van der Waals surface area (Å²) in [6, 6.07) is 15.8. The Balaban J connectivity index is 2.45. The van der Waals surface area contributed by atoms with E-state index in [1.165, 1.54) is 5.56 Å². The number of aliphatic hydroxyl groups is 1. The van der Waals surface area contributed by atoms with Gasteiger partial charge in [-0.15, -0.1) is 0 Å². The van der Waals surface area contributed by atoms with Crippen LogP contribution in [0.25, 0.3) is 0 Å². The maximum absolute atomic E-state index is 9.94. The number of benzene rings is 2. The molecule has 0 aromatic heterocycles. The van der Waals surface area contributed by atoms with Crippen LogP contribution in [-0.2, 0) is 6.42 Å². The summed E-state index contributed by atoms with van der Waals surface area (Å²) in [4.78, 5) is 2.00. The third kappa shape index (κ3) is 3.24. The predicted octanol–water partition coefficient (Wildman–Crippen LogP) is 3.94. The molecule has 2 aromatic rings. The van der Waals surface area contributed by atoms with Crippen molar-refractivity contribution in [3.8, 4) is 6.07 Å². The lowest BCUT2D eigenvalue weighted by molar-refractivity contribution is 0.200. The van der Waals surface area contributed by atoms with Gasteiger partial charge in [-0.2, -0.15) is 5.26 Å². The van der Waals surface area contributed by atoms with E-state index in [0.29, 0.717) is 5.56 Å². The van der Waals surface area contributed by atoms with Gasteiger partial charge in [-0.25, -0.2) is 0 Å². The maximum atomic E-state index is 9.94. The maximum Gasteiger partial charge on any atom is 0.0992 e. The molecule has 2 rings (SSSR count). The predicted molar refractivity (Wildman–Crippen MR) is 85.7 cm³/mol. The number of nitriles is 1. The largest absolute Gasteiger partial charge is 0.389 e. The fourth-order valence-electron chi connectivity index (χ4n) is 2.35. The second-order valence-electron chi connectivity index (χ2n) is 5.14. The van der Waals surface area contributed by atoms with Crippen LogP contribution in [0, 0.1) is 11.3 Å². The molecule has 108 valence electrons. The number of aliphatic hydroxyl groups excluding tert-OH is 1. The molecule has 0 saturated heterocycles. The summed E-state index contributed by atoms with van der Waals surface area (Å²) in [5.41, 5.74) is 4.58. The average Bonchev–Trinajstić information content (AvgIpc) is 2.53. The van der Waals surface area contributed by atoms with E-state index < -0.39 is 6.10 Å². The second kappa shape index (κ2) is 6.43. The van der Waals surface area contributed by atoms with Crippen molar-refractivity contribution >= 4 is 11.4 Å². The molecule has 3 nitrogen and oxygen atoms in total. The van der Waals surface area contributed by atoms with Gasteiger partial charge in [0.2, 0.25) is 0 Å². The van der Waals surface area contributed by atoms with Crippen molar-refractivity contribution in [2.45, 2.75) is 26.4 Å². The molecular formula is C18H20N2O. The standard InChI is InChI=1S/C18H20N2O/c1-4-14-5-8-16(9-6-14)20(3)18-11-15(12-19)7-10-17(18)13(2)21/h5-11,13,21H,4H2,1-3H3. The van der Waals surface area contributed by atoms with E-state index in [-0.39, 0.29) is 0 Å². The highest BCUT2D eigenvalue weighted by Gasteiger charge is 2.14. The number of hydrogen-bond donors (Lipinski definition) is 1. The van der Waals surface area contributed by atoms with Gasteiger partial charge in [0.15, 0.2) is 0 Å². The average molecular weight is 280 g/mol. The Hall–Kier alpha value is -2.31. The van der Waals surface area contributed by atoms with Crippen LogP contribution >= 0.6 is 0 Å². The first-order valence-electron chi connectivity index (χ1n) is 7.11. The van der Waals surface area contributed by atoms with Crippen LogP contribution in [0.1, 0.15) is 36.6 Å². The molecule has 0 bridgehead atoms. The number of anilines is 2. The van der Waals surface area contributed by atoms with Crippen LogP contribution in [0.5, 0.6) is 0 Å². The third-order valence-electron chi connectivity index (χ3n) is 3.70. The Morgan fingerprint density at radius 3 is 2.38 bits per heavy atom. The molecule has 0 radical (unpaired) electrons. The van der Waals surface area contributed by atoms with E-state index in [1.54, 1.807) is 13.0 Å². The molecule has 2 aromatic carbocycles. The molecule has 3 heteroatoms. The minimum absolute atomic E-state index is 0.579. The van der Waals surface area contributed by atoms with Crippen molar-refractivity contribution in [1.29, 1.82) is 5.26 Å². The van der Waals surface area contributed by atoms with Crippen LogP contribution in [0.2, 0.25) is 0 Å². The van der Waals surface area contributed by atoms with Crippen LogP contribution in [0.3, 0.4) is 0 Å². The zero-order valence-electron chi connectivity index (χ0n) is 12.7. The van der Waals surface area contributed by atoms with Crippen molar-refractivity contribution in [1.82, 2.24) is 0 Å². The van der Waals surface area contributed by atoms with Gasteiger partial charge < -0.3 is 10.0 Å². The summed E-state index contributed by atoms with van der Waals surface area (Å²) in [5.74, 6) is 0. The molecule has 1 unspecified atom stereocenters. The molecule has 0 aliphatic heterocycles. The van der Waals surface area contributed by atoms with Crippen LogP contribution in [0.15, 0.2) is 42.5 Å². The van der Waals surface area contributed by atoms with E-state index in [1.807, 2.05) is 24.1 Å². The smallest absolute Gasteiger partial charge is 0.0992 e. The topological polar surface area (TPSA) is 47.3 Å². The second-order valence-corrected chi connectivity index (χ2v) is 5.14. The van der Waals surface area contributed by atoms with Crippen molar-refractivity contribution in [2.24, 2.45) is 0 Å². The lowest BCUT2D eigenvalue weighted by Gasteiger charge is -2.24.